The zero-order valence-corrected chi connectivity index (χ0v) is 11.0. The third-order valence-corrected chi connectivity index (χ3v) is 2.64. The van der Waals surface area contributed by atoms with Crippen molar-refractivity contribution in [1.29, 1.82) is 0 Å². The maximum absolute atomic E-state index is 12.0. The van der Waals surface area contributed by atoms with E-state index in [1.165, 1.54) is 11.0 Å². The lowest BCUT2D eigenvalue weighted by atomic mass is 10.2. The number of aromatic nitrogens is 2. The Kier molecular flexibility index (Phi) is 5.11. The van der Waals surface area contributed by atoms with E-state index in [0.717, 1.165) is 0 Å². The maximum atomic E-state index is 12.0. The van der Waals surface area contributed by atoms with Crippen LogP contribution in [0, 0.1) is 0 Å². The molecule has 1 atom stereocenters. The van der Waals surface area contributed by atoms with Gasteiger partial charge in [0.15, 0.2) is 10.3 Å². The Bertz CT molecular complexity index is 413. The smallest absolute Gasteiger partial charge is 0.256 e. The highest BCUT2D eigenvalue weighted by molar-refractivity contribution is 6.34. The third-order valence-electron chi connectivity index (χ3n) is 2.18. The van der Waals surface area contributed by atoms with Crippen LogP contribution in [0.25, 0.3) is 0 Å². The highest BCUT2D eigenvalue weighted by Crippen LogP contribution is 2.17. The molecule has 1 aromatic heterocycles. The van der Waals surface area contributed by atoms with Crippen LogP contribution in [0.2, 0.25) is 10.3 Å². The first-order chi connectivity index (χ1) is 7.91. The molecule has 1 aromatic rings. The van der Waals surface area contributed by atoms with Gasteiger partial charge in [-0.1, -0.05) is 23.2 Å². The van der Waals surface area contributed by atoms with E-state index in [4.69, 9.17) is 28.3 Å². The molecule has 94 valence electrons. The van der Waals surface area contributed by atoms with Gasteiger partial charge < -0.3 is 10.0 Å². The average Bonchev–Trinajstić information content (AvgIpc) is 2.28. The van der Waals surface area contributed by atoms with Crippen LogP contribution < -0.4 is 0 Å². The predicted molar refractivity (Wildman–Crippen MR) is 65.3 cm³/mol. The minimum atomic E-state index is -0.458. The summed E-state index contributed by atoms with van der Waals surface area (Å²) in [5, 5.41) is 16.4. The second-order valence-electron chi connectivity index (χ2n) is 3.74. The number of aliphatic hydroxyl groups excluding tert-OH is 1. The van der Waals surface area contributed by atoms with E-state index in [9.17, 15) is 4.79 Å². The fourth-order valence-corrected chi connectivity index (χ4v) is 1.51. The summed E-state index contributed by atoms with van der Waals surface area (Å²) in [7, 11) is 1.62. The van der Waals surface area contributed by atoms with Crippen molar-refractivity contribution >= 4 is 29.1 Å². The number of amides is 1. The fraction of sp³-hybridized carbons (Fsp3) is 0.500. The maximum Gasteiger partial charge on any atom is 0.256 e. The molecule has 0 saturated carbocycles. The zero-order valence-electron chi connectivity index (χ0n) is 9.52. The molecule has 17 heavy (non-hydrogen) atoms. The molecule has 0 saturated heterocycles. The average molecular weight is 278 g/mol. The van der Waals surface area contributed by atoms with E-state index in [-0.39, 0.29) is 21.8 Å². The lowest BCUT2D eigenvalue weighted by molar-refractivity contribution is 0.0768. The van der Waals surface area contributed by atoms with Gasteiger partial charge in [-0.2, -0.15) is 0 Å². The monoisotopic (exact) mass is 277 g/mol. The van der Waals surface area contributed by atoms with Gasteiger partial charge in [-0.3, -0.25) is 4.79 Å². The minimum absolute atomic E-state index is 0.0169. The van der Waals surface area contributed by atoms with Crippen LogP contribution in [0.1, 0.15) is 23.7 Å². The molecule has 7 heteroatoms. The van der Waals surface area contributed by atoms with Crippen LogP contribution >= 0.6 is 23.2 Å². The lowest BCUT2D eigenvalue weighted by Crippen LogP contribution is -2.29. The Hall–Kier alpha value is -0.910. The van der Waals surface area contributed by atoms with Gasteiger partial charge in [-0.05, 0) is 19.4 Å². The van der Waals surface area contributed by atoms with Gasteiger partial charge in [0.25, 0.3) is 5.91 Å². The summed E-state index contributed by atoms with van der Waals surface area (Å²) >= 11 is 11.4. The SMILES string of the molecule is CC(O)CCN(C)C(=O)c1cc(Cl)nnc1Cl. The quantitative estimate of drug-likeness (QED) is 0.909. The van der Waals surface area contributed by atoms with Gasteiger partial charge in [0, 0.05) is 13.6 Å². The van der Waals surface area contributed by atoms with Gasteiger partial charge in [-0.25, -0.2) is 0 Å². The summed E-state index contributed by atoms with van der Waals surface area (Å²) in [5.74, 6) is -0.299. The number of halogens is 2. The number of nitrogens with zero attached hydrogens (tertiary/aromatic N) is 3. The highest BCUT2D eigenvalue weighted by atomic mass is 35.5. The number of aliphatic hydroxyl groups is 1. The van der Waals surface area contributed by atoms with Crippen LogP contribution in [0.15, 0.2) is 6.07 Å². The Morgan fingerprint density at radius 1 is 1.53 bits per heavy atom. The Morgan fingerprint density at radius 2 is 2.18 bits per heavy atom. The molecule has 1 amide bonds. The Labute approximate surface area is 109 Å². The summed E-state index contributed by atoms with van der Waals surface area (Å²) in [4.78, 5) is 13.4. The van der Waals surface area contributed by atoms with Crippen molar-refractivity contribution in [2.75, 3.05) is 13.6 Å². The molecule has 0 spiro atoms. The molecule has 1 unspecified atom stereocenters. The molecule has 1 N–H and O–H groups in total. The van der Waals surface area contributed by atoms with Gasteiger partial charge in [0.2, 0.25) is 0 Å². The molecular weight excluding hydrogens is 265 g/mol. The van der Waals surface area contributed by atoms with E-state index in [2.05, 4.69) is 10.2 Å². The second kappa shape index (κ2) is 6.14. The van der Waals surface area contributed by atoms with Crippen LogP contribution in [0.3, 0.4) is 0 Å². The first-order valence-corrected chi connectivity index (χ1v) is 5.79. The highest BCUT2D eigenvalue weighted by Gasteiger charge is 2.17. The predicted octanol–water partition coefficient (Wildman–Crippen LogP) is 1.63. The summed E-state index contributed by atoms with van der Waals surface area (Å²) < 4.78 is 0. The van der Waals surface area contributed by atoms with Crippen molar-refractivity contribution in [1.82, 2.24) is 15.1 Å². The molecule has 0 aliphatic heterocycles. The van der Waals surface area contributed by atoms with Crippen molar-refractivity contribution in [3.63, 3.8) is 0 Å². The van der Waals surface area contributed by atoms with E-state index in [0.29, 0.717) is 13.0 Å². The van der Waals surface area contributed by atoms with Gasteiger partial charge in [-0.15, -0.1) is 10.2 Å². The topological polar surface area (TPSA) is 66.3 Å². The third kappa shape index (κ3) is 4.11. The van der Waals surface area contributed by atoms with E-state index >= 15 is 0 Å². The Morgan fingerprint density at radius 3 is 2.76 bits per heavy atom. The van der Waals surface area contributed by atoms with Crippen molar-refractivity contribution in [3.8, 4) is 0 Å². The fourth-order valence-electron chi connectivity index (χ4n) is 1.19. The van der Waals surface area contributed by atoms with Crippen LogP contribution in [-0.2, 0) is 0 Å². The first-order valence-electron chi connectivity index (χ1n) is 5.04. The molecule has 1 heterocycles. The molecule has 0 aromatic carbocycles. The molecule has 0 aliphatic carbocycles. The summed E-state index contributed by atoms with van der Waals surface area (Å²) in [6, 6.07) is 1.37. The molecule has 0 radical (unpaired) electrons. The summed E-state index contributed by atoms with van der Waals surface area (Å²) in [6.45, 7) is 2.09. The number of hydrogen-bond acceptors (Lipinski definition) is 4. The summed E-state index contributed by atoms with van der Waals surface area (Å²) in [6.07, 6.45) is 0.0337. The minimum Gasteiger partial charge on any atom is -0.393 e. The number of carbonyl (C=O) groups excluding carboxylic acids is 1. The number of carbonyl (C=O) groups is 1. The van der Waals surface area contributed by atoms with Crippen molar-refractivity contribution in [2.45, 2.75) is 19.4 Å². The molecule has 0 aliphatic rings. The van der Waals surface area contributed by atoms with Gasteiger partial charge >= 0.3 is 0 Å². The van der Waals surface area contributed by atoms with Gasteiger partial charge in [0.05, 0.1) is 11.7 Å². The van der Waals surface area contributed by atoms with E-state index in [1.807, 2.05) is 0 Å². The van der Waals surface area contributed by atoms with Crippen molar-refractivity contribution in [3.05, 3.63) is 21.9 Å². The number of rotatable bonds is 4. The lowest BCUT2D eigenvalue weighted by Gasteiger charge is -2.18. The van der Waals surface area contributed by atoms with Crippen LogP contribution in [0.5, 0.6) is 0 Å². The van der Waals surface area contributed by atoms with Crippen LogP contribution in [0.4, 0.5) is 0 Å². The van der Waals surface area contributed by atoms with E-state index in [1.54, 1.807) is 14.0 Å². The van der Waals surface area contributed by atoms with Crippen LogP contribution in [-0.4, -0.2) is 45.8 Å². The molecule has 5 nitrogen and oxygen atoms in total. The zero-order chi connectivity index (χ0) is 13.0. The second-order valence-corrected chi connectivity index (χ2v) is 4.48. The molecule has 0 fully saturated rings. The Balaban J connectivity index is 2.78. The molecule has 1 rings (SSSR count). The molecule has 0 bridgehead atoms. The summed E-state index contributed by atoms with van der Waals surface area (Å²) in [5.41, 5.74) is 0.208. The standard InChI is InChI=1S/C10H13Cl2N3O2/c1-6(16)3-4-15(2)10(17)7-5-8(11)13-14-9(7)12/h5-6,16H,3-4H2,1-2H3. The normalized spacial score (nSPS) is 12.3. The number of hydrogen-bond donors (Lipinski definition) is 1. The van der Waals surface area contributed by atoms with E-state index < -0.39 is 6.10 Å². The van der Waals surface area contributed by atoms with Gasteiger partial charge in [0.1, 0.15) is 0 Å². The van der Waals surface area contributed by atoms with Crippen molar-refractivity contribution in [2.24, 2.45) is 0 Å². The van der Waals surface area contributed by atoms with Crippen molar-refractivity contribution < 1.29 is 9.90 Å². The largest absolute Gasteiger partial charge is 0.393 e. The molecular formula is C10H13Cl2N3O2. The first kappa shape index (κ1) is 14.2.